The number of rotatable bonds is 9. The second-order valence-electron chi connectivity index (χ2n) is 7.12. The van der Waals surface area contributed by atoms with Gasteiger partial charge in [0.1, 0.15) is 5.76 Å². The monoisotopic (exact) mass is 456 g/mol. The highest BCUT2D eigenvalue weighted by Crippen LogP contribution is 2.15. The van der Waals surface area contributed by atoms with E-state index in [1.165, 1.54) is 37.5 Å². The molecule has 0 radical (unpaired) electrons. The molecular formula is C23H24N2O6S. The van der Waals surface area contributed by atoms with Crippen molar-refractivity contribution >= 4 is 21.9 Å². The Balaban J connectivity index is 1.61. The lowest BCUT2D eigenvalue weighted by atomic mass is 10.1. The quantitative estimate of drug-likeness (QED) is 0.478. The van der Waals surface area contributed by atoms with Crippen molar-refractivity contribution in [2.45, 2.75) is 37.4 Å². The van der Waals surface area contributed by atoms with Gasteiger partial charge in [-0.2, -0.15) is 0 Å². The average molecular weight is 457 g/mol. The van der Waals surface area contributed by atoms with E-state index < -0.39 is 28.0 Å². The van der Waals surface area contributed by atoms with Crippen LogP contribution in [0.5, 0.6) is 0 Å². The van der Waals surface area contributed by atoms with E-state index in [4.69, 9.17) is 9.15 Å². The topological polar surface area (TPSA) is 115 Å². The van der Waals surface area contributed by atoms with Crippen molar-refractivity contribution in [2.75, 3.05) is 0 Å². The first-order valence-electron chi connectivity index (χ1n) is 9.94. The number of carbonyl (C=O) groups is 2. The van der Waals surface area contributed by atoms with E-state index in [0.29, 0.717) is 5.76 Å². The van der Waals surface area contributed by atoms with Crippen LogP contribution in [-0.4, -0.2) is 26.4 Å². The maximum absolute atomic E-state index is 12.5. The molecule has 9 heteroatoms. The van der Waals surface area contributed by atoms with Crippen molar-refractivity contribution in [3.63, 3.8) is 0 Å². The van der Waals surface area contributed by atoms with E-state index in [1.54, 1.807) is 12.1 Å². The number of amides is 1. The molecule has 0 aliphatic heterocycles. The first kappa shape index (κ1) is 23.2. The molecule has 1 amide bonds. The summed E-state index contributed by atoms with van der Waals surface area (Å²) in [6.45, 7) is 3.25. The van der Waals surface area contributed by atoms with Crippen LogP contribution in [-0.2, 0) is 26.1 Å². The highest BCUT2D eigenvalue weighted by Gasteiger charge is 2.22. The zero-order valence-electron chi connectivity index (χ0n) is 17.6. The minimum absolute atomic E-state index is 0.0154. The minimum Gasteiger partial charge on any atom is -0.468 e. The lowest BCUT2D eigenvalue weighted by Crippen LogP contribution is -2.37. The Kier molecular flexibility index (Phi) is 7.45. The molecule has 32 heavy (non-hydrogen) atoms. The van der Waals surface area contributed by atoms with Crippen LogP contribution in [0.15, 0.2) is 82.3 Å². The van der Waals surface area contributed by atoms with E-state index in [2.05, 4.69) is 10.0 Å². The van der Waals surface area contributed by atoms with Gasteiger partial charge in [0.15, 0.2) is 6.10 Å². The minimum atomic E-state index is -3.88. The Hall–Kier alpha value is -3.43. The summed E-state index contributed by atoms with van der Waals surface area (Å²) in [5, 5.41) is 2.79. The normalized spacial score (nSPS) is 13.2. The van der Waals surface area contributed by atoms with Crippen LogP contribution < -0.4 is 10.0 Å². The Morgan fingerprint density at radius 2 is 1.75 bits per heavy atom. The van der Waals surface area contributed by atoms with Crippen molar-refractivity contribution in [1.29, 1.82) is 0 Å². The van der Waals surface area contributed by atoms with Gasteiger partial charge in [-0.15, -0.1) is 0 Å². The number of hydrogen-bond acceptors (Lipinski definition) is 6. The third-order valence-electron chi connectivity index (χ3n) is 4.71. The number of sulfonamides is 1. The first-order chi connectivity index (χ1) is 15.3. The standard InChI is InChI=1S/C23H24N2O6S/c1-16(18-8-4-3-5-9-18)25-22(26)17(2)31-23(27)19-10-6-12-21(14-19)32(28,29)24-15-20-11-7-13-30-20/h3-14,16-17,24H,15H2,1-2H3,(H,25,26). The predicted molar refractivity (Wildman–Crippen MR) is 117 cm³/mol. The molecular weight excluding hydrogens is 432 g/mol. The average Bonchev–Trinajstić information content (AvgIpc) is 3.32. The maximum Gasteiger partial charge on any atom is 0.338 e. The van der Waals surface area contributed by atoms with Crippen LogP contribution in [0.2, 0.25) is 0 Å². The number of hydrogen-bond donors (Lipinski definition) is 2. The number of ether oxygens (including phenoxy) is 1. The van der Waals surface area contributed by atoms with Gasteiger partial charge in [-0.3, -0.25) is 4.79 Å². The highest BCUT2D eigenvalue weighted by molar-refractivity contribution is 7.89. The van der Waals surface area contributed by atoms with Gasteiger partial charge in [-0.05, 0) is 49.7 Å². The maximum atomic E-state index is 12.5. The first-order valence-corrected chi connectivity index (χ1v) is 11.4. The molecule has 1 aromatic heterocycles. The van der Waals surface area contributed by atoms with Crippen molar-refractivity contribution < 1.29 is 27.2 Å². The summed E-state index contributed by atoms with van der Waals surface area (Å²) in [5.41, 5.74) is 0.931. The van der Waals surface area contributed by atoms with E-state index in [0.717, 1.165) is 5.56 Å². The summed E-state index contributed by atoms with van der Waals surface area (Å²) in [6, 6.07) is 17.8. The molecule has 0 bridgehead atoms. The van der Waals surface area contributed by atoms with Crippen molar-refractivity contribution in [1.82, 2.24) is 10.0 Å². The molecule has 8 nitrogen and oxygen atoms in total. The summed E-state index contributed by atoms with van der Waals surface area (Å²) in [6.07, 6.45) is 0.379. The van der Waals surface area contributed by atoms with Crippen LogP contribution in [0, 0.1) is 0 Å². The molecule has 2 N–H and O–H groups in total. The number of esters is 1. The van der Waals surface area contributed by atoms with Crippen LogP contribution in [0.25, 0.3) is 0 Å². The van der Waals surface area contributed by atoms with Gasteiger partial charge in [0.25, 0.3) is 5.91 Å². The molecule has 1 heterocycles. The summed E-state index contributed by atoms with van der Waals surface area (Å²) in [5.74, 6) is -0.810. The van der Waals surface area contributed by atoms with E-state index in [9.17, 15) is 18.0 Å². The molecule has 2 aromatic carbocycles. The fraction of sp³-hybridized carbons (Fsp3) is 0.217. The third kappa shape index (κ3) is 6.05. The molecule has 0 aliphatic carbocycles. The molecule has 3 aromatic rings. The van der Waals surface area contributed by atoms with Crippen LogP contribution in [0.1, 0.15) is 41.6 Å². The van der Waals surface area contributed by atoms with Gasteiger partial charge in [-0.1, -0.05) is 36.4 Å². The number of nitrogens with one attached hydrogen (secondary N) is 2. The SMILES string of the molecule is CC(OC(=O)c1cccc(S(=O)(=O)NCc2ccco2)c1)C(=O)NC(C)c1ccccc1. The van der Waals surface area contributed by atoms with Gasteiger partial charge in [0, 0.05) is 0 Å². The Labute approximate surface area is 186 Å². The summed E-state index contributed by atoms with van der Waals surface area (Å²) in [7, 11) is -3.88. The number of carbonyl (C=O) groups excluding carboxylic acids is 2. The molecule has 2 unspecified atom stereocenters. The smallest absolute Gasteiger partial charge is 0.338 e. The number of benzene rings is 2. The van der Waals surface area contributed by atoms with Gasteiger partial charge in [0.2, 0.25) is 10.0 Å². The lowest BCUT2D eigenvalue weighted by molar-refractivity contribution is -0.129. The van der Waals surface area contributed by atoms with E-state index >= 15 is 0 Å². The largest absolute Gasteiger partial charge is 0.468 e. The molecule has 0 spiro atoms. The summed E-state index contributed by atoms with van der Waals surface area (Å²) >= 11 is 0. The summed E-state index contributed by atoms with van der Waals surface area (Å²) < 4.78 is 37.8. The van der Waals surface area contributed by atoms with Crippen LogP contribution in [0.4, 0.5) is 0 Å². The molecule has 0 fully saturated rings. The molecule has 0 saturated heterocycles. The molecule has 168 valence electrons. The van der Waals surface area contributed by atoms with Crippen molar-refractivity contribution in [3.8, 4) is 0 Å². The predicted octanol–water partition coefficient (Wildman–Crippen LogP) is 3.18. The molecule has 3 rings (SSSR count). The fourth-order valence-corrected chi connectivity index (χ4v) is 3.93. The van der Waals surface area contributed by atoms with Gasteiger partial charge < -0.3 is 14.5 Å². The zero-order valence-corrected chi connectivity index (χ0v) is 18.5. The fourth-order valence-electron chi connectivity index (χ4n) is 2.89. The van der Waals surface area contributed by atoms with Crippen LogP contribution in [0.3, 0.4) is 0 Å². The van der Waals surface area contributed by atoms with E-state index in [-0.39, 0.29) is 23.0 Å². The highest BCUT2D eigenvalue weighted by atomic mass is 32.2. The van der Waals surface area contributed by atoms with Crippen LogP contribution >= 0.6 is 0 Å². The van der Waals surface area contributed by atoms with Gasteiger partial charge in [-0.25, -0.2) is 17.9 Å². The van der Waals surface area contributed by atoms with Crippen molar-refractivity contribution in [2.24, 2.45) is 0 Å². The third-order valence-corrected chi connectivity index (χ3v) is 6.11. The second-order valence-corrected chi connectivity index (χ2v) is 8.89. The molecule has 0 saturated carbocycles. The Bertz CT molecular complexity index is 1160. The second kappa shape index (κ2) is 10.3. The van der Waals surface area contributed by atoms with Gasteiger partial charge in [0.05, 0.1) is 29.3 Å². The Morgan fingerprint density at radius 3 is 2.44 bits per heavy atom. The zero-order chi connectivity index (χ0) is 23.1. The molecule has 0 aliphatic rings. The Morgan fingerprint density at radius 1 is 1.00 bits per heavy atom. The summed E-state index contributed by atoms with van der Waals surface area (Å²) in [4.78, 5) is 24.8. The lowest BCUT2D eigenvalue weighted by Gasteiger charge is -2.18. The van der Waals surface area contributed by atoms with Gasteiger partial charge >= 0.3 is 5.97 Å². The number of furan rings is 1. The molecule has 2 atom stereocenters. The van der Waals surface area contributed by atoms with Crippen molar-refractivity contribution in [3.05, 3.63) is 89.9 Å². The van der Waals surface area contributed by atoms with E-state index in [1.807, 2.05) is 37.3 Å².